The quantitative estimate of drug-likeness (QED) is 0.821. The van der Waals surface area contributed by atoms with E-state index in [1.54, 1.807) is 13.8 Å². The first-order valence-electron chi connectivity index (χ1n) is 6.50. The van der Waals surface area contributed by atoms with Crippen molar-refractivity contribution in [3.05, 3.63) is 35.1 Å². The Kier molecular flexibility index (Phi) is 5.33. The van der Waals surface area contributed by atoms with Crippen LogP contribution in [-0.2, 0) is 6.18 Å². The van der Waals surface area contributed by atoms with Gasteiger partial charge in [-0.1, -0.05) is 19.9 Å². The van der Waals surface area contributed by atoms with Crippen molar-refractivity contribution in [1.29, 1.82) is 0 Å². The molecular formula is C14H17F4NO2. The summed E-state index contributed by atoms with van der Waals surface area (Å²) in [5.41, 5.74) is -3.15. The lowest BCUT2D eigenvalue weighted by Crippen LogP contribution is -2.50. The van der Waals surface area contributed by atoms with E-state index >= 15 is 0 Å². The molecule has 0 aliphatic rings. The first kappa shape index (κ1) is 17.4. The van der Waals surface area contributed by atoms with Crippen LogP contribution in [0.2, 0.25) is 0 Å². The average molecular weight is 307 g/mol. The summed E-state index contributed by atoms with van der Waals surface area (Å²) in [6.07, 6.45) is -4.14. The van der Waals surface area contributed by atoms with Gasteiger partial charge in [-0.05, 0) is 25.0 Å². The third kappa shape index (κ3) is 3.72. The Morgan fingerprint density at radius 1 is 1.24 bits per heavy atom. The lowest BCUT2D eigenvalue weighted by molar-refractivity contribution is -0.140. The van der Waals surface area contributed by atoms with E-state index in [1.807, 2.05) is 0 Å². The zero-order valence-electron chi connectivity index (χ0n) is 11.7. The van der Waals surface area contributed by atoms with Crippen molar-refractivity contribution in [3.8, 4) is 0 Å². The van der Waals surface area contributed by atoms with Crippen molar-refractivity contribution in [3.63, 3.8) is 0 Å². The molecule has 0 saturated carbocycles. The Morgan fingerprint density at radius 2 is 1.81 bits per heavy atom. The number of nitrogens with one attached hydrogen (secondary N) is 1. The molecule has 0 saturated heterocycles. The minimum absolute atomic E-state index is 0.367. The van der Waals surface area contributed by atoms with Gasteiger partial charge in [0.25, 0.3) is 5.91 Å². The highest BCUT2D eigenvalue weighted by Gasteiger charge is 2.36. The zero-order valence-corrected chi connectivity index (χ0v) is 11.7. The summed E-state index contributed by atoms with van der Waals surface area (Å²) < 4.78 is 51.7. The molecule has 7 heteroatoms. The molecule has 2 N–H and O–H groups in total. The van der Waals surface area contributed by atoms with Gasteiger partial charge in [-0.25, -0.2) is 4.39 Å². The van der Waals surface area contributed by atoms with E-state index < -0.39 is 34.6 Å². The number of hydrogen-bond acceptors (Lipinski definition) is 2. The molecule has 0 aliphatic heterocycles. The smallest absolute Gasteiger partial charge is 0.394 e. The fourth-order valence-electron chi connectivity index (χ4n) is 1.92. The van der Waals surface area contributed by atoms with Crippen molar-refractivity contribution in [2.45, 2.75) is 38.4 Å². The van der Waals surface area contributed by atoms with E-state index in [4.69, 9.17) is 0 Å². The van der Waals surface area contributed by atoms with Crippen molar-refractivity contribution >= 4 is 5.91 Å². The Bertz CT molecular complexity index is 502. The van der Waals surface area contributed by atoms with E-state index in [1.165, 1.54) is 0 Å². The summed E-state index contributed by atoms with van der Waals surface area (Å²) in [5, 5.41) is 11.8. The number of amides is 1. The van der Waals surface area contributed by atoms with Gasteiger partial charge >= 0.3 is 6.18 Å². The molecule has 21 heavy (non-hydrogen) atoms. The first-order valence-corrected chi connectivity index (χ1v) is 6.50. The van der Waals surface area contributed by atoms with Crippen LogP contribution in [0.15, 0.2) is 18.2 Å². The number of alkyl halides is 3. The van der Waals surface area contributed by atoms with Crippen LogP contribution in [0.5, 0.6) is 0 Å². The molecule has 0 heterocycles. The maximum Gasteiger partial charge on any atom is 0.419 e. The first-order chi connectivity index (χ1) is 9.70. The topological polar surface area (TPSA) is 49.3 Å². The predicted octanol–water partition coefficient (Wildman–Crippen LogP) is 3.13. The van der Waals surface area contributed by atoms with E-state index in [9.17, 15) is 27.5 Å². The molecule has 1 amide bonds. The third-order valence-corrected chi connectivity index (χ3v) is 3.58. The molecular weight excluding hydrogens is 290 g/mol. The number of benzene rings is 1. The lowest BCUT2D eigenvalue weighted by Gasteiger charge is -2.30. The average Bonchev–Trinajstić information content (AvgIpc) is 2.43. The second-order valence-electron chi connectivity index (χ2n) is 4.76. The molecule has 3 nitrogen and oxygen atoms in total. The van der Waals surface area contributed by atoms with Gasteiger partial charge in [0.05, 0.1) is 23.3 Å². The number of rotatable bonds is 5. The minimum Gasteiger partial charge on any atom is -0.394 e. The number of carbonyl (C=O) groups excluding carboxylic acids is 1. The van der Waals surface area contributed by atoms with Gasteiger partial charge in [-0.2, -0.15) is 13.2 Å². The van der Waals surface area contributed by atoms with E-state index in [0.717, 1.165) is 12.1 Å². The van der Waals surface area contributed by atoms with E-state index in [-0.39, 0.29) is 6.61 Å². The van der Waals surface area contributed by atoms with Crippen molar-refractivity contribution in [2.75, 3.05) is 6.61 Å². The summed E-state index contributed by atoms with van der Waals surface area (Å²) in [4.78, 5) is 12.0. The van der Waals surface area contributed by atoms with Crippen LogP contribution in [0.1, 0.15) is 42.6 Å². The molecule has 0 atom stereocenters. The summed E-state index contributed by atoms with van der Waals surface area (Å²) in [6, 6.07) is 2.53. The molecule has 0 bridgehead atoms. The van der Waals surface area contributed by atoms with E-state index in [0.29, 0.717) is 18.9 Å². The fourth-order valence-corrected chi connectivity index (χ4v) is 1.92. The van der Waals surface area contributed by atoms with E-state index in [2.05, 4.69) is 5.32 Å². The summed E-state index contributed by atoms with van der Waals surface area (Å²) in [6.45, 7) is 3.04. The normalized spacial score (nSPS) is 12.3. The molecule has 1 aromatic carbocycles. The second-order valence-corrected chi connectivity index (χ2v) is 4.76. The predicted molar refractivity (Wildman–Crippen MR) is 69.3 cm³/mol. The summed E-state index contributed by atoms with van der Waals surface area (Å²) in [5.74, 6) is -2.59. The van der Waals surface area contributed by atoms with Crippen LogP contribution in [0.4, 0.5) is 17.6 Å². The number of carbonyl (C=O) groups is 1. The molecule has 0 spiro atoms. The maximum atomic E-state index is 13.9. The Morgan fingerprint density at radius 3 is 2.24 bits per heavy atom. The molecule has 0 radical (unpaired) electrons. The van der Waals surface area contributed by atoms with Gasteiger partial charge in [-0.3, -0.25) is 4.79 Å². The molecule has 0 unspecified atom stereocenters. The highest BCUT2D eigenvalue weighted by molar-refractivity contribution is 5.95. The number of aliphatic hydroxyl groups excluding tert-OH is 1. The van der Waals surface area contributed by atoms with Gasteiger partial charge < -0.3 is 10.4 Å². The van der Waals surface area contributed by atoms with Crippen LogP contribution in [0.25, 0.3) is 0 Å². The number of aliphatic hydroxyl groups is 1. The third-order valence-electron chi connectivity index (χ3n) is 3.58. The van der Waals surface area contributed by atoms with Gasteiger partial charge in [0.15, 0.2) is 0 Å². The highest BCUT2D eigenvalue weighted by Crippen LogP contribution is 2.32. The maximum absolute atomic E-state index is 13.9. The Balaban J connectivity index is 3.15. The van der Waals surface area contributed by atoms with Crippen molar-refractivity contribution in [2.24, 2.45) is 0 Å². The summed E-state index contributed by atoms with van der Waals surface area (Å²) >= 11 is 0. The number of hydrogen-bond donors (Lipinski definition) is 2. The van der Waals surface area contributed by atoms with Gasteiger partial charge in [-0.15, -0.1) is 0 Å². The fraction of sp³-hybridized carbons (Fsp3) is 0.500. The van der Waals surface area contributed by atoms with Crippen molar-refractivity contribution in [1.82, 2.24) is 5.32 Å². The van der Waals surface area contributed by atoms with Gasteiger partial charge in [0.2, 0.25) is 0 Å². The Hall–Kier alpha value is -1.63. The summed E-state index contributed by atoms with van der Waals surface area (Å²) in [7, 11) is 0. The van der Waals surface area contributed by atoms with Crippen LogP contribution < -0.4 is 5.32 Å². The molecule has 118 valence electrons. The lowest BCUT2D eigenvalue weighted by atomic mass is 9.93. The minimum atomic E-state index is -4.87. The standard InChI is InChI=1S/C14H17F4NO2/c1-3-13(4-2,8-20)19-12(21)9-6-5-7-10(11(9)15)14(16,17)18/h5-7,20H,3-4,8H2,1-2H3,(H,19,21). The van der Waals surface area contributed by atoms with Crippen LogP contribution in [0, 0.1) is 5.82 Å². The molecule has 1 rings (SSSR count). The molecule has 0 aromatic heterocycles. The molecule has 0 fully saturated rings. The monoisotopic (exact) mass is 307 g/mol. The Labute approximate surface area is 120 Å². The highest BCUT2D eigenvalue weighted by atomic mass is 19.4. The SMILES string of the molecule is CCC(CC)(CO)NC(=O)c1cccc(C(F)(F)F)c1F. The van der Waals surface area contributed by atoms with Crippen LogP contribution >= 0.6 is 0 Å². The zero-order chi connectivity index (χ0) is 16.3. The van der Waals surface area contributed by atoms with Crippen molar-refractivity contribution < 1.29 is 27.5 Å². The molecule has 0 aliphatic carbocycles. The van der Waals surface area contributed by atoms with Crippen LogP contribution in [0.3, 0.4) is 0 Å². The molecule has 1 aromatic rings. The van der Waals surface area contributed by atoms with Gasteiger partial charge in [0.1, 0.15) is 5.82 Å². The van der Waals surface area contributed by atoms with Crippen LogP contribution in [-0.4, -0.2) is 23.2 Å². The second kappa shape index (κ2) is 6.43. The largest absolute Gasteiger partial charge is 0.419 e. The number of halogens is 4. The van der Waals surface area contributed by atoms with Gasteiger partial charge in [0, 0.05) is 0 Å².